The van der Waals surface area contributed by atoms with Crippen LogP contribution in [0.4, 0.5) is 0 Å². The maximum Gasteiger partial charge on any atom is 0.135 e. The van der Waals surface area contributed by atoms with Gasteiger partial charge in [-0.2, -0.15) is 0 Å². The van der Waals surface area contributed by atoms with Crippen LogP contribution in [0.2, 0.25) is 0 Å². The van der Waals surface area contributed by atoms with Crippen LogP contribution in [-0.2, 0) is 0 Å². The lowest BCUT2D eigenvalue weighted by Crippen LogP contribution is -1.97. The molecule has 0 heterocycles. The van der Waals surface area contributed by atoms with Gasteiger partial charge in [0.25, 0.3) is 0 Å². The van der Waals surface area contributed by atoms with Crippen molar-refractivity contribution in [2.75, 3.05) is 0 Å². The molecule has 0 saturated heterocycles. The van der Waals surface area contributed by atoms with Crippen molar-refractivity contribution in [3.8, 4) is 11.5 Å². The minimum atomic E-state index is 0.783. The molecule has 0 N–H and O–H groups in total. The zero-order valence-electron chi connectivity index (χ0n) is 18.1. The van der Waals surface area contributed by atoms with E-state index in [0.29, 0.717) is 0 Å². The first kappa shape index (κ1) is 20.4. The van der Waals surface area contributed by atoms with Crippen LogP contribution in [0.3, 0.4) is 0 Å². The lowest BCUT2D eigenvalue weighted by Gasteiger charge is -2.18. The van der Waals surface area contributed by atoms with Crippen molar-refractivity contribution in [3.63, 3.8) is 0 Å². The average molecular weight is 403 g/mol. The monoisotopic (exact) mass is 402 g/mol. The quantitative estimate of drug-likeness (QED) is 0.316. The molecule has 1 heteroatoms. The molecule has 0 aliphatic heterocycles. The molecule has 0 amide bonds. The highest BCUT2D eigenvalue weighted by atomic mass is 16.5. The Morgan fingerprint density at radius 2 is 0.935 bits per heavy atom. The topological polar surface area (TPSA) is 9.23 Å². The zero-order valence-corrected chi connectivity index (χ0v) is 18.1. The lowest BCUT2D eigenvalue weighted by atomic mass is 9.96. The summed E-state index contributed by atoms with van der Waals surface area (Å²) in [6.45, 7) is 12.9. The van der Waals surface area contributed by atoms with Crippen molar-refractivity contribution in [3.05, 3.63) is 144 Å². The van der Waals surface area contributed by atoms with Gasteiger partial charge in [0.1, 0.15) is 11.5 Å². The van der Waals surface area contributed by atoms with Crippen LogP contribution < -0.4 is 4.74 Å². The molecule has 0 spiro atoms. The number of hydrogen-bond donors (Lipinski definition) is 0. The van der Waals surface area contributed by atoms with E-state index in [-0.39, 0.29) is 0 Å². The van der Waals surface area contributed by atoms with Crippen LogP contribution in [-0.4, -0.2) is 0 Å². The summed E-state index contributed by atoms with van der Waals surface area (Å²) in [6, 6.07) is 32.9. The van der Waals surface area contributed by atoms with Crippen LogP contribution in [0.1, 0.15) is 33.4 Å². The molecular weight excluding hydrogens is 376 g/mol. The van der Waals surface area contributed by atoms with E-state index < -0.39 is 0 Å². The van der Waals surface area contributed by atoms with Crippen molar-refractivity contribution in [1.29, 1.82) is 0 Å². The Morgan fingerprint density at radius 3 is 1.32 bits per heavy atom. The molecule has 4 rings (SSSR count). The van der Waals surface area contributed by atoms with Crippen LogP contribution in [0, 0.1) is 13.8 Å². The first-order chi connectivity index (χ1) is 15.0. The van der Waals surface area contributed by atoms with E-state index in [1.54, 1.807) is 0 Å². The average Bonchev–Trinajstić information content (AvgIpc) is 2.81. The standard InChI is InChI=1S/C30H26O/c1-21-15-17-29(27(19-21)23(3)25-11-7-5-8-12-25)31-30-18-16-22(2)20-28(30)24(4)26-13-9-6-10-14-26/h5-20H,3-4H2,1-2H3. The molecule has 0 saturated carbocycles. The van der Waals surface area contributed by atoms with Gasteiger partial charge in [0.05, 0.1) is 0 Å². The second-order valence-electron chi connectivity index (χ2n) is 7.79. The summed E-state index contributed by atoms with van der Waals surface area (Å²) < 4.78 is 6.51. The van der Waals surface area contributed by atoms with Crippen molar-refractivity contribution in [2.45, 2.75) is 13.8 Å². The smallest absolute Gasteiger partial charge is 0.135 e. The summed E-state index contributed by atoms with van der Waals surface area (Å²) in [4.78, 5) is 0. The van der Waals surface area contributed by atoms with Crippen LogP contribution >= 0.6 is 0 Å². The Bertz CT molecular complexity index is 1140. The summed E-state index contributed by atoms with van der Waals surface area (Å²) in [7, 11) is 0. The van der Waals surface area contributed by atoms with Gasteiger partial charge in [0.15, 0.2) is 0 Å². The van der Waals surface area contributed by atoms with Crippen LogP contribution in [0.5, 0.6) is 11.5 Å². The minimum Gasteiger partial charge on any atom is -0.456 e. The van der Waals surface area contributed by atoms with E-state index in [1.165, 1.54) is 0 Å². The molecule has 0 aliphatic carbocycles. The Hall–Kier alpha value is -3.84. The zero-order chi connectivity index (χ0) is 21.8. The van der Waals surface area contributed by atoms with E-state index in [9.17, 15) is 0 Å². The summed E-state index contributed by atoms with van der Waals surface area (Å²) in [5.74, 6) is 1.57. The van der Waals surface area contributed by atoms with Crippen molar-refractivity contribution in [2.24, 2.45) is 0 Å². The second kappa shape index (κ2) is 8.89. The number of hydrogen-bond acceptors (Lipinski definition) is 1. The third-order valence-electron chi connectivity index (χ3n) is 5.38. The minimum absolute atomic E-state index is 0.783. The molecule has 4 aromatic rings. The lowest BCUT2D eigenvalue weighted by molar-refractivity contribution is 0.479. The summed E-state index contributed by atoms with van der Waals surface area (Å²) in [6.07, 6.45) is 0. The SMILES string of the molecule is C=C(c1ccccc1)c1cc(C)ccc1Oc1ccc(C)cc1C(=C)c1ccccc1. The Labute approximate surface area is 185 Å². The van der Waals surface area contributed by atoms with E-state index in [0.717, 1.165) is 56.0 Å². The van der Waals surface area contributed by atoms with Gasteiger partial charge in [-0.25, -0.2) is 0 Å². The van der Waals surface area contributed by atoms with E-state index in [1.807, 2.05) is 48.5 Å². The van der Waals surface area contributed by atoms with E-state index >= 15 is 0 Å². The van der Waals surface area contributed by atoms with Gasteiger partial charge in [0.2, 0.25) is 0 Å². The fraction of sp³-hybridized carbons (Fsp3) is 0.0667. The molecule has 4 aromatic carbocycles. The van der Waals surface area contributed by atoms with Gasteiger partial charge in [-0.05, 0) is 60.4 Å². The molecule has 0 aromatic heterocycles. The Kier molecular flexibility index (Phi) is 5.86. The van der Waals surface area contributed by atoms with Gasteiger partial charge in [-0.3, -0.25) is 0 Å². The number of ether oxygens (including phenoxy) is 1. The third kappa shape index (κ3) is 4.51. The normalized spacial score (nSPS) is 10.5. The van der Waals surface area contributed by atoms with Gasteiger partial charge in [-0.1, -0.05) is 97.1 Å². The molecule has 0 unspecified atom stereocenters. The molecule has 0 bridgehead atoms. The molecular formula is C30H26O. The van der Waals surface area contributed by atoms with Gasteiger partial charge in [0, 0.05) is 11.1 Å². The molecule has 31 heavy (non-hydrogen) atoms. The van der Waals surface area contributed by atoms with Crippen LogP contribution in [0.25, 0.3) is 11.1 Å². The van der Waals surface area contributed by atoms with Crippen molar-refractivity contribution in [1.82, 2.24) is 0 Å². The predicted molar refractivity (Wildman–Crippen MR) is 132 cm³/mol. The van der Waals surface area contributed by atoms with Gasteiger partial charge < -0.3 is 4.74 Å². The third-order valence-corrected chi connectivity index (χ3v) is 5.38. The maximum absolute atomic E-state index is 6.51. The summed E-state index contributed by atoms with van der Waals surface area (Å²) in [5.41, 5.74) is 8.34. The molecule has 0 aliphatic rings. The largest absolute Gasteiger partial charge is 0.456 e. The number of rotatable bonds is 6. The summed E-state index contributed by atoms with van der Waals surface area (Å²) >= 11 is 0. The fourth-order valence-electron chi connectivity index (χ4n) is 3.65. The number of benzene rings is 4. The Morgan fingerprint density at radius 1 is 0.548 bits per heavy atom. The molecule has 0 atom stereocenters. The molecule has 0 fully saturated rings. The van der Waals surface area contributed by atoms with Gasteiger partial charge >= 0.3 is 0 Å². The van der Waals surface area contributed by atoms with E-state index in [2.05, 4.69) is 75.5 Å². The summed E-state index contributed by atoms with van der Waals surface area (Å²) in [5, 5.41) is 0. The first-order valence-corrected chi connectivity index (χ1v) is 10.4. The van der Waals surface area contributed by atoms with Crippen LogP contribution in [0.15, 0.2) is 110 Å². The van der Waals surface area contributed by atoms with E-state index in [4.69, 9.17) is 4.74 Å². The number of aryl methyl sites for hydroxylation is 2. The molecule has 152 valence electrons. The molecule has 0 radical (unpaired) electrons. The fourth-order valence-corrected chi connectivity index (χ4v) is 3.65. The maximum atomic E-state index is 6.51. The predicted octanol–water partition coefficient (Wildman–Crippen LogP) is 8.22. The van der Waals surface area contributed by atoms with Crippen molar-refractivity contribution >= 4 is 11.1 Å². The first-order valence-electron chi connectivity index (χ1n) is 10.4. The highest BCUT2D eigenvalue weighted by molar-refractivity contribution is 5.83. The highest BCUT2D eigenvalue weighted by Gasteiger charge is 2.15. The van der Waals surface area contributed by atoms with Gasteiger partial charge in [-0.15, -0.1) is 0 Å². The Balaban J connectivity index is 1.76. The highest BCUT2D eigenvalue weighted by Crippen LogP contribution is 2.38. The second-order valence-corrected chi connectivity index (χ2v) is 7.79. The molecule has 1 nitrogen and oxygen atoms in total. The van der Waals surface area contributed by atoms with Crippen molar-refractivity contribution < 1.29 is 4.74 Å².